The second-order valence-corrected chi connectivity index (χ2v) is 4.96. The number of hydrogen-bond acceptors (Lipinski definition) is 3. The van der Waals surface area contributed by atoms with Gasteiger partial charge >= 0.3 is 0 Å². The van der Waals surface area contributed by atoms with Crippen LogP contribution in [0.1, 0.15) is 6.42 Å². The molecule has 4 rings (SSSR count). The van der Waals surface area contributed by atoms with Gasteiger partial charge in [0.2, 0.25) is 0 Å². The maximum Gasteiger partial charge on any atom is 0.131 e. The summed E-state index contributed by atoms with van der Waals surface area (Å²) in [5, 5.41) is 0.566. The Kier molecular flexibility index (Phi) is 2.11. The van der Waals surface area contributed by atoms with Gasteiger partial charge in [0.1, 0.15) is 5.15 Å². The Morgan fingerprint density at radius 2 is 2.13 bits per heavy atom. The normalized spacial score (nSPS) is 33.7. The summed E-state index contributed by atoms with van der Waals surface area (Å²) in [6.07, 6.45) is 3.06. The molecule has 0 unspecified atom stereocenters. The summed E-state index contributed by atoms with van der Waals surface area (Å²) < 4.78 is 0. The molecule has 0 radical (unpaired) electrons. The van der Waals surface area contributed by atoms with Crippen molar-refractivity contribution in [3.8, 4) is 0 Å². The lowest BCUT2D eigenvalue weighted by molar-refractivity contribution is 0.116. The Hall–Kier alpha value is -0.800. The molecule has 3 heterocycles. The van der Waals surface area contributed by atoms with Gasteiger partial charge in [-0.05, 0) is 30.4 Å². The third-order valence-corrected chi connectivity index (χ3v) is 3.89. The fourth-order valence-electron chi connectivity index (χ4n) is 2.73. The first-order valence-corrected chi connectivity index (χ1v) is 5.74. The Bertz CT molecular complexity index is 370. The first-order chi connectivity index (χ1) is 7.24. The zero-order chi connectivity index (χ0) is 10.4. The van der Waals surface area contributed by atoms with Gasteiger partial charge in [-0.2, -0.15) is 0 Å². The van der Waals surface area contributed by atoms with Crippen LogP contribution >= 0.6 is 11.6 Å². The topological polar surface area (TPSA) is 42.1 Å². The van der Waals surface area contributed by atoms with Crippen molar-refractivity contribution < 1.29 is 0 Å². The van der Waals surface area contributed by atoms with Gasteiger partial charge in [-0.25, -0.2) is 4.98 Å². The number of aromatic nitrogens is 1. The number of hydrogen-bond donors (Lipinski definition) is 1. The van der Waals surface area contributed by atoms with Gasteiger partial charge in [0, 0.05) is 31.0 Å². The van der Waals surface area contributed by atoms with Crippen molar-refractivity contribution in [2.24, 2.45) is 17.6 Å². The predicted octanol–water partition coefficient (Wildman–Crippen LogP) is 1.52. The largest absolute Gasteiger partial charge is 0.371 e. The zero-order valence-corrected chi connectivity index (χ0v) is 9.19. The minimum atomic E-state index is 0.429. The maximum atomic E-state index is 6.03. The quantitative estimate of drug-likeness (QED) is 0.735. The van der Waals surface area contributed by atoms with Gasteiger partial charge < -0.3 is 10.6 Å². The van der Waals surface area contributed by atoms with E-state index in [4.69, 9.17) is 17.3 Å². The van der Waals surface area contributed by atoms with Crippen LogP contribution in [0.15, 0.2) is 18.3 Å². The molecule has 0 aromatic carbocycles. The molecule has 2 N–H and O–H groups in total. The van der Waals surface area contributed by atoms with Crippen molar-refractivity contribution in [1.82, 2.24) is 4.98 Å². The fraction of sp³-hybridized carbons (Fsp3) is 0.545. The Labute approximate surface area is 94.2 Å². The highest BCUT2D eigenvalue weighted by atomic mass is 35.5. The third-order valence-electron chi connectivity index (χ3n) is 3.68. The van der Waals surface area contributed by atoms with Crippen molar-refractivity contribution in [2.75, 3.05) is 18.0 Å². The van der Waals surface area contributed by atoms with Crippen molar-refractivity contribution in [1.29, 1.82) is 0 Å². The summed E-state index contributed by atoms with van der Waals surface area (Å²) in [7, 11) is 0. The van der Waals surface area contributed by atoms with E-state index in [1.807, 2.05) is 12.1 Å². The summed E-state index contributed by atoms with van der Waals surface area (Å²) in [5.41, 5.74) is 7.21. The van der Waals surface area contributed by atoms with Gasteiger partial charge in [0.25, 0.3) is 0 Å². The lowest BCUT2D eigenvalue weighted by atomic mass is 9.66. The van der Waals surface area contributed by atoms with Gasteiger partial charge in [0.15, 0.2) is 0 Å². The minimum absolute atomic E-state index is 0.429. The monoisotopic (exact) mass is 223 g/mol. The lowest BCUT2D eigenvalue weighted by Gasteiger charge is -2.52. The highest BCUT2D eigenvalue weighted by Gasteiger charge is 2.44. The van der Waals surface area contributed by atoms with Crippen LogP contribution in [-0.4, -0.2) is 24.1 Å². The standard InChI is InChI=1S/C11H14ClN3/c12-10-4-9(1-2-14-10)15-5-7-3-8(6-15)11(7)13/h1-2,4,7-8,11H,3,5-6,13H2/t7-,8+,11-. The second-order valence-electron chi connectivity index (χ2n) is 4.57. The SMILES string of the molecule is N[C@@H]1[C@@H]2C[C@H]1CN(c1ccnc(Cl)c1)C2. The molecule has 1 aromatic heterocycles. The van der Waals surface area contributed by atoms with E-state index >= 15 is 0 Å². The van der Waals surface area contributed by atoms with Gasteiger partial charge in [-0.1, -0.05) is 11.6 Å². The molecular formula is C11H14ClN3. The summed E-state index contributed by atoms with van der Waals surface area (Å²) in [6.45, 7) is 2.13. The van der Waals surface area contributed by atoms with E-state index in [1.54, 1.807) is 6.20 Å². The number of halogens is 1. The number of anilines is 1. The van der Waals surface area contributed by atoms with E-state index in [9.17, 15) is 0 Å². The number of fused-ring (bicyclic) bond motifs is 2. The van der Waals surface area contributed by atoms with E-state index in [2.05, 4.69) is 9.88 Å². The average molecular weight is 224 g/mol. The van der Waals surface area contributed by atoms with E-state index in [1.165, 1.54) is 12.1 Å². The van der Waals surface area contributed by atoms with Crippen molar-refractivity contribution in [3.63, 3.8) is 0 Å². The van der Waals surface area contributed by atoms with E-state index < -0.39 is 0 Å². The van der Waals surface area contributed by atoms with Crippen LogP contribution in [0.25, 0.3) is 0 Å². The zero-order valence-electron chi connectivity index (χ0n) is 8.44. The Morgan fingerprint density at radius 1 is 1.40 bits per heavy atom. The first kappa shape index (κ1) is 9.43. The molecule has 2 bridgehead atoms. The Balaban J connectivity index is 1.79. The maximum absolute atomic E-state index is 6.03. The lowest BCUT2D eigenvalue weighted by Crippen LogP contribution is -2.62. The van der Waals surface area contributed by atoms with Crippen LogP contribution in [0.2, 0.25) is 5.15 Å². The molecule has 1 aromatic rings. The van der Waals surface area contributed by atoms with Crippen LogP contribution in [0.3, 0.4) is 0 Å². The third kappa shape index (κ3) is 1.50. The van der Waals surface area contributed by atoms with Crippen LogP contribution in [0.4, 0.5) is 5.69 Å². The molecule has 3 fully saturated rings. The van der Waals surface area contributed by atoms with Crippen LogP contribution in [0, 0.1) is 11.8 Å². The van der Waals surface area contributed by atoms with Crippen LogP contribution in [0.5, 0.6) is 0 Å². The molecule has 2 saturated heterocycles. The molecule has 3 aliphatic rings. The van der Waals surface area contributed by atoms with E-state index in [0.717, 1.165) is 13.1 Å². The van der Waals surface area contributed by atoms with E-state index in [-0.39, 0.29) is 0 Å². The number of rotatable bonds is 1. The molecule has 1 saturated carbocycles. The first-order valence-electron chi connectivity index (χ1n) is 5.36. The smallest absolute Gasteiger partial charge is 0.131 e. The van der Waals surface area contributed by atoms with Crippen LogP contribution < -0.4 is 10.6 Å². The van der Waals surface area contributed by atoms with Gasteiger partial charge in [-0.15, -0.1) is 0 Å². The van der Waals surface area contributed by atoms with E-state index in [0.29, 0.717) is 23.0 Å². The molecule has 1 aliphatic carbocycles. The summed E-state index contributed by atoms with van der Waals surface area (Å²) in [4.78, 5) is 6.36. The summed E-state index contributed by atoms with van der Waals surface area (Å²) in [6, 6.07) is 4.37. The molecule has 3 atom stereocenters. The van der Waals surface area contributed by atoms with Crippen molar-refractivity contribution in [3.05, 3.63) is 23.5 Å². The highest BCUT2D eigenvalue weighted by Crippen LogP contribution is 2.40. The molecule has 15 heavy (non-hydrogen) atoms. The number of nitrogens with two attached hydrogens (primary N) is 1. The Morgan fingerprint density at radius 3 is 2.73 bits per heavy atom. The summed E-state index contributed by atoms with van der Waals surface area (Å²) in [5.74, 6) is 1.35. The molecule has 3 nitrogen and oxygen atoms in total. The van der Waals surface area contributed by atoms with Crippen LogP contribution in [-0.2, 0) is 0 Å². The average Bonchev–Trinajstić information content (AvgIpc) is 2.28. The highest BCUT2D eigenvalue weighted by molar-refractivity contribution is 6.29. The summed E-state index contributed by atoms with van der Waals surface area (Å²) >= 11 is 5.88. The predicted molar refractivity (Wildman–Crippen MR) is 61.0 cm³/mol. The van der Waals surface area contributed by atoms with Crippen molar-refractivity contribution >= 4 is 17.3 Å². The molecule has 0 spiro atoms. The number of piperidine rings is 2. The molecule has 0 amide bonds. The van der Waals surface area contributed by atoms with Crippen molar-refractivity contribution in [2.45, 2.75) is 12.5 Å². The molecule has 4 heteroatoms. The second kappa shape index (κ2) is 3.35. The molecule has 2 aliphatic heterocycles. The van der Waals surface area contributed by atoms with Gasteiger partial charge in [0.05, 0.1) is 0 Å². The fourth-order valence-corrected chi connectivity index (χ4v) is 2.89. The molecule has 80 valence electrons. The molecular weight excluding hydrogens is 210 g/mol. The number of pyridine rings is 1. The number of nitrogens with zero attached hydrogens (tertiary/aromatic N) is 2. The minimum Gasteiger partial charge on any atom is -0.371 e. The van der Waals surface area contributed by atoms with Gasteiger partial charge in [-0.3, -0.25) is 0 Å².